The molecule has 1 fully saturated rings. The molecule has 1 saturated heterocycles. The van der Waals surface area contributed by atoms with Crippen LogP contribution in [0.5, 0.6) is 0 Å². The maximum atomic E-state index is 12.4. The number of hydrogen-bond donors (Lipinski definition) is 2. The van der Waals surface area contributed by atoms with E-state index in [1.54, 1.807) is 0 Å². The molecular weight excluding hydrogens is 316 g/mol. The van der Waals surface area contributed by atoms with E-state index >= 15 is 0 Å². The number of nitrogens with zero attached hydrogens (tertiary/aromatic N) is 1. The lowest BCUT2D eigenvalue weighted by Gasteiger charge is -2.14. The number of aliphatic hydroxyl groups is 1. The second kappa shape index (κ2) is 5.44. The molecule has 5 nitrogen and oxygen atoms in total. The summed E-state index contributed by atoms with van der Waals surface area (Å²) in [6, 6.07) is 13.5. The summed E-state index contributed by atoms with van der Waals surface area (Å²) in [7, 11) is 0. The minimum absolute atomic E-state index is 0.0983. The number of nitrogens with one attached hydrogen (secondary N) is 1. The van der Waals surface area contributed by atoms with Crippen LogP contribution in [0.25, 0.3) is 32.8 Å². The first kappa shape index (κ1) is 14.7. The Kier molecular flexibility index (Phi) is 3.20. The predicted octanol–water partition coefficient (Wildman–Crippen LogP) is 2.99. The van der Waals surface area contributed by atoms with Crippen molar-refractivity contribution in [3.8, 4) is 0 Å². The van der Waals surface area contributed by atoms with Crippen LogP contribution in [0.2, 0.25) is 0 Å². The molecule has 2 aromatic heterocycles. The first-order valence-corrected chi connectivity index (χ1v) is 8.56. The van der Waals surface area contributed by atoms with Crippen LogP contribution >= 0.6 is 0 Å². The number of hydrogen-bond acceptors (Lipinski definition) is 4. The van der Waals surface area contributed by atoms with Gasteiger partial charge < -0.3 is 14.5 Å². The van der Waals surface area contributed by atoms with Gasteiger partial charge in [0, 0.05) is 36.0 Å². The first-order valence-electron chi connectivity index (χ1n) is 8.56. The summed E-state index contributed by atoms with van der Waals surface area (Å²) in [5, 5.41) is 12.1. The van der Waals surface area contributed by atoms with Gasteiger partial charge in [-0.15, -0.1) is 0 Å². The molecule has 2 aromatic carbocycles. The van der Waals surface area contributed by atoms with Crippen molar-refractivity contribution in [1.29, 1.82) is 0 Å². The van der Waals surface area contributed by atoms with Crippen LogP contribution in [0.1, 0.15) is 12.0 Å². The average Bonchev–Trinajstić information content (AvgIpc) is 3.20. The highest BCUT2D eigenvalue weighted by atomic mass is 16.3. The zero-order chi connectivity index (χ0) is 17.0. The zero-order valence-electron chi connectivity index (χ0n) is 13.7. The standard InChI is InChI=1S/C20H18N2O3/c23-13-8-9-22(11-13)10-12-4-3-7-16-17-19(25-18(12)16)14-5-1-2-6-15(14)20(24)21-17/h1-7,13,23H,8-11H2,(H,21,24). The van der Waals surface area contributed by atoms with Crippen molar-refractivity contribution >= 4 is 32.8 Å². The lowest BCUT2D eigenvalue weighted by atomic mass is 10.1. The van der Waals surface area contributed by atoms with Gasteiger partial charge in [-0.05, 0) is 18.6 Å². The Hall–Kier alpha value is -2.63. The van der Waals surface area contributed by atoms with Crippen LogP contribution in [0, 0.1) is 0 Å². The Bertz CT molecular complexity index is 1160. The summed E-state index contributed by atoms with van der Waals surface area (Å²) in [5.41, 5.74) is 3.26. The van der Waals surface area contributed by atoms with E-state index in [-0.39, 0.29) is 11.7 Å². The predicted molar refractivity (Wildman–Crippen MR) is 97.7 cm³/mol. The second-order valence-corrected chi connectivity index (χ2v) is 6.78. The molecule has 25 heavy (non-hydrogen) atoms. The molecule has 5 heteroatoms. The van der Waals surface area contributed by atoms with E-state index in [1.165, 1.54) is 0 Å². The fourth-order valence-corrected chi connectivity index (χ4v) is 3.87. The number of benzene rings is 2. The maximum Gasteiger partial charge on any atom is 0.256 e. The third kappa shape index (κ3) is 2.27. The monoisotopic (exact) mass is 334 g/mol. The van der Waals surface area contributed by atoms with Crippen molar-refractivity contribution in [2.24, 2.45) is 0 Å². The Morgan fingerprint density at radius 2 is 1.88 bits per heavy atom. The molecule has 0 aliphatic carbocycles. The quantitative estimate of drug-likeness (QED) is 0.591. The van der Waals surface area contributed by atoms with Gasteiger partial charge in [0.15, 0.2) is 5.58 Å². The van der Waals surface area contributed by atoms with Crippen molar-refractivity contribution in [2.45, 2.75) is 19.1 Å². The van der Waals surface area contributed by atoms with Gasteiger partial charge in [0.1, 0.15) is 5.58 Å². The molecule has 5 rings (SSSR count). The Morgan fingerprint density at radius 1 is 1.08 bits per heavy atom. The van der Waals surface area contributed by atoms with E-state index in [2.05, 4.69) is 16.0 Å². The molecule has 0 bridgehead atoms. The third-order valence-corrected chi connectivity index (χ3v) is 5.09. The molecule has 1 unspecified atom stereocenters. The molecule has 1 atom stereocenters. The summed E-state index contributed by atoms with van der Waals surface area (Å²) in [4.78, 5) is 17.6. The number of furan rings is 1. The van der Waals surface area contributed by atoms with E-state index in [0.717, 1.165) is 52.5 Å². The van der Waals surface area contributed by atoms with E-state index < -0.39 is 0 Å². The number of para-hydroxylation sites is 1. The summed E-state index contributed by atoms with van der Waals surface area (Å²) < 4.78 is 6.23. The van der Waals surface area contributed by atoms with E-state index in [9.17, 15) is 9.90 Å². The van der Waals surface area contributed by atoms with Crippen molar-refractivity contribution in [2.75, 3.05) is 13.1 Å². The lowest BCUT2D eigenvalue weighted by Crippen LogP contribution is -2.21. The maximum absolute atomic E-state index is 12.4. The third-order valence-electron chi connectivity index (χ3n) is 5.09. The molecule has 4 aromatic rings. The van der Waals surface area contributed by atoms with Gasteiger partial charge in [-0.1, -0.05) is 30.3 Å². The van der Waals surface area contributed by atoms with Gasteiger partial charge in [0.25, 0.3) is 5.56 Å². The number of H-pyrrole nitrogens is 1. The van der Waals surface area contributed by atoms with E-state index in [1.807, 2.05) is 36.4 Å². The van der Waals surface area contributed by atoms with Crippen LogP contribution < -0.4 is 5.56 Å². The van der Waals surface area contributed by atoms with Crippen LogP contribution in [-0.2, 0) is 6.54 Å². The fourth-order valence-electron chi connectivity index (χ4n) is 3.87. The molecule has 0 spiro atoms. The fraction of sp³-hybridized carbons (Fsp3) is 0.250. The molecular formula is C20H18N2O3. The van der Waals surface area contributed by atoms with E-state index in [4.69, 9.17) is 4.42 Å². The summed E-state index contributed by atoms with van der Waals surface area (Å²) in [5.74, 6) is 0. The first-order chi connectivity index (χ1) is 12.2. The SMILES string of the molecule is O=c1[nH]c2c3cccc(CN4CCC(O)C4)c3oc2c2ccccc12. The normalized spacial score (nSPS) is 18.7. The highest BCUT2D eigenvalue weighted by Gasteiger charge is 2.22. The molecule has 0 saturated carbocycles. The molecule has 3 heterocycles. The topological polar surface area (TPSA) is 69.5 Å². The number of rotatable bonds is 2. The Labute approximate surface area is 143 Å². The summed E-state index contributed by atoms with van der Waals surface area (Å²) in [6.45, 7) is 2.31. The smallest absolute Gasteiger partial charge is 0.256 e. The second-order valence-electron chi connectivity index (χ2n) is 6.78. The Morgan fingerprint density at radius 3 is 2.68 bits per heavy atom. The molecule has 1 aliphatic rings. The van der Waals surface area contributed by atoms with Crippen LogP contribution in [-0.4, -0.2) is 34.2 Å². The van der Waals surface area contributed by atoms with Crippen LogP contribution in [0.15, 0.2) is 51.7 Å². The highest BCUT2D eigenvalue weighted by Crippen LogP contribution is 2.33. The number of fused-ring (bicyclic) bond motifs is 5. The van der Waals surface area contributed by atoms with Crippen LogP contribution in [0.4, 0.5) is 0 Å². The van der Waals surface area contributed by atoms with Gasteiger partial charge in [-0.2, -0.15) is 0 Å². The molecule has 2 N–H and O–H groups in total. The number of β-amino-alcohol motifs (C(OH)–C–C–N with tert-alkyl or cyclic N) is 1. The van der Waals surface area contributed by atoms with Crippen LogP contribution in [0.3, 0.4) is 0 Å². The van der Waals surface area contributed by atoms with Gasteiger partial charge in [0.2, 0.25) is 0 Å². The summed E-state index contributed by atoms with van der Waals surface area (Å²) >= 11 is 0. The molecule has 0 amide bonds. The molecule has 126 valence electrons. The van der Waals surface area contributed by atoms with Gasteiger partial charge in [-0.25, -0.2) is 0 Å². The van der Waals surface area contributed by atoms with Crippen molar-refractivity contribution < 1.29 is 9.52 Å². The lowest BCUT2D eigenvalue weighted by molar-refractivity contribution is 0.175. The molecule has 1 aliphatic heterocycles. The Balaban J connectivity index is 1.75. The van der Waals surface area contributed by atoms with Crippen molar-refractivity contribution in [3.05, 3.63) is 58.4 Å². The van der Waals surface area contributed by atoms with Crippen molar-refractivity contribution in [3.63, 3.8) is 0 Å². The van der Waals surface area contributed by atoms with Crippen molar-refractivity contribution in [1.82, 2.24) is 9.88 Å². The largest absolute Gasteiger partial charge is 0.453 e. The number of aliphatic hydroxyl groups excluding tert-OH is 1. The summed E-state index contributed by atoms with van der Waals surface area (Å²) in [6.07, 6.45) is 0.573. The highest BCUT2D eigenvalue weighted by molar-refractivity contribution is 6.12. The number of likely N-dealkylation sites (tertiary alicyclic amines) is 1. The molecule has 0 radical (unpaired) electrons. The minimum Gasteiger partial charge on any atom is -0.453 e. The van der Waals surface area contributed by atoms with E-state index in [0.29, 0.717) is 11.9 Å². The van der Waals surface area contributed by atoms with Gasteiger partial charge in [0.05, 0.1) is 17.0 Å². The minimum atomic E-state index is -0.241. The van der Waals surface area contributed by atoms with Gasteiger partial charge >= 0.3 is 0 Å². The average molecular weight is 334 g/mol. The number of aromatic amines is 1. The number of aromatic nitrogens is 1. The number of pyridine rings is 1. The van der Waals surface area contributed by atoms with Gasteiger partial charge in [-0.3, -0.25) is 9.69 Å². The zero-order valence-corrected chi connectivity index (χ0v) is 13.7.